The minimum absolute atomic E-state index is 0.178. The van der Waals surface area contributed by atoms with Crippen LogP contribution in [0.1, 0.15) is 5.56 Å². The van der Waals surface area contributed by atoms with Crippen molar-refractivity contribution in [2.75, 3.05) is 0 Å². The highest BCUT2D eigenvalue weighted by atomic mass is 32.2. The molecule has 1 N–H and O–H groups in total. The van der Waals surface area contributed by atoms with Gasteiger partial charge in [0.1, 0.15) is 10.1 Å². The highest BCUT2D eigenvalue weighted by Gasteiger charge is 2.05. The van der Waals surface area contributed by atoms with Crippen LogP contribution in [-0.2, 0) is 10.1 Å². The van der Waals surface area contributed by atoms with E-state index in [1.54, 1.807) is 18.5 Å². The third-order valence-electron chi connectivity index (χ3n) is 3.80. The van der Waals surface area contributed by atoms with Crippen LogP contribution < -0.4 is 4.98 Å². The molecule has 0 spiro atoms. The van der Waals surface area contributed by atoms with Crippen molar-refractivity contribution < 1.29 is 22.4 Å². The summed E-state index contributed by atoms with van der Waals surface area (Å²) >= 11 is 0. The lowest BCUT2D eigenvalue weighted by atomic mass is 10.1. The average Bonchev–Trinajstić information content (AvgIpc) is 3.10. The van der Waals surface area contributed by atoms with Gasteiger partial charge in [-0.15, -0.1) is 0 Å². The van der Waals surface area contributed by atoms with Crippen molar-refractivity contribution in [1.29, 1.82) is 0 Å². The van der Waals surface area contributed by atoms with E-state index in [1.165, 1.54) is 23.3 Å². The Labute approximate surface area is 151 Å². The SMILES string of the molecule is Cc1ccc(S(=O)(=O)[O-])cc1.c1ccc(-c2ccc3oc[nH+]c3c2)cc1. The molecule has 0 radical (unpaired) electrons. The molecule has 0 aliphatic rings. The summed E-state index contributed by atoms with van der Waals surface area (Å²) in [6, 6.07) is 22.2. The summed E-state index contributed by atoms with van der Waals surface area (Å²) in [6.07, 6.45) is 1.60. The van der Waals surface area contributed by atoms with Gasteiger partial charge in [-0.2, -0.15) is 4.98 Å². The third kappa shape index (κ3) is 4.36. The van der Waals surface area contributed by atoms with Gasteiger partial charge in [0, 0.05) is 6.07 Å². The molecule has 132 valence electrons. The maximum Gasteiger partial charge on any atom is 0.333 e. The zero-order valence-corrected chi connectivity index (χ0v) is 14.9. The van der Waals surface area contributed by atoms with Crippen molar-refractivity contribution in [2.45, 2.75) is 11.8 Å². The molecule has 26 heavy (non-hydrogen) atoms. The number of benzene rings is 3. The Kier molecular flexibility index (Phi) is 5.16. The van der Waals surface area contributed by atoms with Gasteiger partial charge in [-0.1, -0.05) is 54.1 Å². The zero-order valence-electron chi connectivity index (χ0n) is 14.0. The maximum absolute atomic E-state index is 10.4. The predicted octanol–water partition coefficient (Wildman–Crippen LogP) is 3.81. The van der Waals surface area contributed by atoms with E-state index in [0.717, 1.165) is 16.7 Å². The van der Waals surface area contributed by atoms with E-state index in [2.05, 4.69) is 29.2 Å². The first-order valence-electron chi connectivity index (χ1n) is 7.90. The molecule has 0 amide bonds. The molecule has 0 unspecified atom stereocenters. The van der Waals surface area contributed by atoms with E-state index in [4.69, 9.17) is 4.42 Å². The van der Waals surface area contributed by atoms with Gasteiger partial charge in [0.25, 0.3) is 0 Å². The fourth-order valence-corrected chi connectivity index (χ4v) is 2.89. The lowest BCUT2D eigenvalue weighted by molar-refractivity contribution is -0.354. The first kappa shape index (κ1) is 17.8. The zero-order chi connectivity index (χ0) is 18.6. The lowest BCUT2D eigenvalue weighted by Gasteiger charge is -2.05. The van der Waals surface area contributed by atoms with Crippen LogP contribution in [0.15, 0.2) is 88.5 Å². The molecular weight excluding hydrogens is 350 g/mol. The summed E-state index contributed by atoms with van der Waals surface area (Å²) in [5, 5.41) is 0. The Hall–Kier alpha value is -2.96. The summed E-state index contributed by atoms with van der Waals surface area (Å²) in [4.78, 5) is 2.89. The van der Waals surface area contributed by atoms with Gasteiger partial charge in [0.05, 0.1) is 4.90 Å². The van der Waals surface area contributed by atoms with Crippen LogP contribution in [0.5, 0.6) is 0 Å². The van der Waals surface area contributed by atoms with Crippen molar-refractivity contribution in [3.8, 4) is 11.1 Å². The molecule has 1 heterocycles. The quantitative estimate of drug-likeness (QED) is 0.504. The van der Waals surface area contributed by atoms with Gasteiger partial charge in [-0.05, 0) is 36.2 Å². The van der Waals surface area contributed by atoms with Crippen LogP contribution >= 0.6 is 0 Å². The van der Waals surface area contributed by atoms with Crippen LogP contribution in [-0.4, -0.2) is 13.0 Å². The standard InChI is InChI=1S/C13H9NO.C7H8O3S/c1-2-4-10(5-3-1)11-6-7-13-12(8-11)14-9-15-13;1-6-2-4-7(5-3-6)11(8,9)10/h1-9H;2-5H,1H3,(H,8,9,10). The molecule has 0 saturated heterocycles. The number of H-pyrrole nitrogens is 1. The second-order valence-electron chi connectivity index (χ2n) is 5.72. The molecule has 5 nitrogen and oxygen atoms in total. The van der Waals surface area contributed by atoms with E-state index < -0.39 is 10.1 Å². The first-order valence-corrected chi connectivity index (χ1v) is 9.31. The highest BCUT2D eigenvalue weighted by Crippen LogP contribution is 2.22. The molecule has 3 aromatic carbocycles. The number of aromatic nitrogens is 1. The second-order valence-corrected chi connectivity index (χ2v) is 7.10. The molecule has 0 aliphatic heterocycles. The van der Waals surface area contributed by atoms with Crippen LogP contribution in [0.2, 0.25) is 0 Å². The van der Waals surface area contributed by atoms with E-state index in [0.29, 0.717) is 0 Å². The number of hydrogen-bond donors (Lipinski definition) is 0. The van der Waals surface area contributed by atoms with Crippen LogP contribution in [0.3, 0.4) is 0 Å². The molecule has 6 heteroatoms. The molecule has 4 rings (SSSR count). The van der Waals surface area contributed by atoms with Gasteiger partial charge in [-0.25, -0.2) is 8.42 Å². The van der Waals surface area contributed by atoms with Crippen LogP contribution in [0.4, 0.5) is 0 Å². The number of aromatic amines is 1. The summed E-state index contributed by atoms with van der Waals surface area (Å²) < 4.78 is 36.4. The van der Waals surface area contributed by atoms with Crippen molar-refractivity contribution >= 4 is 21.2 Å². The van der Waals surface area contributed by atoms with Crippen molar-refractivity contribution in [2.24, 2.45) is 0 Å². The normalized spacial score (nSPS) is 11.0. The van der Waals surface area contributed by atoms with Gasteiger partial charge in [0.2, 0.25) is 11.1 Å². The summed E-state index contributed by atoms with van der Waals surface area (Å²) in [5.41, 5.74) is 5.25. The molecule has 1 aromatic heterocycles. The Morgan fingerprint density at radius 1 is 0.885 bits per heavy atom. The van der Waals surface area contributed by atoms with E-state index in [-0.39, 0.29) is 4.90 Å². The van der Waals surface area contributed by atoms with Crippen molar-refractivity contribution in [1.82, 2.24) is 0 Å². The monoisotopic (exact) mass is 367 g/mol. The Morgan fingerprint density at radius 2 is 1.58 bits per heavy atom. The average molecular weight is 367 g/mol. The topological polar surface area (TPSA) is 84.5 Å². The minimum atomic E-state index is -4.27. The number of hydrogen-bond acceptors (Lipinski definition) is 4. The maximum atomic E-state index is 10.4. The largest absolute Gasteiger partial charge is 0.744 e. The minimum Gasteiger partial charge on any atom is -0.744 e. The molecule has 0 fully saturated rings. The Balaban J connectivity index is 0.000000160. The summed E-state index contributed by atoms with van der Waals surface area (Å²) in [6.45, 7) is 1.82. The van der Waals surface area contributed by atoms with Crippen LogP contribution in [0, 0.1) is 6.92 Å². The number of oxazole rings is 1. The fourth-order valence-electron chi connectivity index (χ4n) is 2.42. The summed E-state index contributed by atoms with van der Waals surface area (Å²) in [7, 11) is -4.27. The van der Waals surface area contributed by atoms with Gasteiger partial charge < -0.3 is 8.97 Å². The lowest BCUT2D eigenvalue weighted by Crippen LogP contribution is -1.97. The predicted molar refractivity (Wildman–Crippen MR) is 97.3 cm³/mol. The molecule has 0 bridgehead atoms. The number of aryl methyl sites for hydroxylation is 1. The summed E-state index contributed by atoms with van der Waals surface area (Å²) in [5.74, 6) is 0. The molecule has 0 aliphatic carbocycles. The molecular formula is C20H17NO4S. The second kappa shape index (κ2) is 7.51. The first-order chi connectivity index (χ1) is 12.4. The molecule has 4 aromatic rings. The smallest absolute Gasteiger partial charge is 0.333 e. The number of rotatable bonds is 2. The highest BCUT2D eigenvalue weighted by molar-refractivity contribution is 7.85. The van der Waals surface area contributed by atoms with Gasteiger partial charge in [0.15, 0.2) is 0 Å². The van der Waals surface area contributed by atoms with E-state index in [1.807, 2.05) is 31.2 Å². The van der Waals surface area contributed by atoms with Crippen molar-refractivity contribution in [3.63, 3.8) is 0 Å². The molecule has 0 atom stereocenters. The fraction of sp³-hybridized carbons (Fsp3) is 0.0500. The van der Waals surface area contributed by atoms with Gasteiger partial charge >= 0.3 is 6.39 Å². The number of fused-ring (bicyclic) bond motifs is 1. The van der Waals surface area contributed by atoms with Gasteiger partial charge in [-0.3, -0.25) is 0 Å². The van der Waals surface area contributed by atoms with E-state index in [9.17, 15) is 13.0 Å². The Morgan fingerprint density at radius 3 is 2.23 bits per heavy atom. The Bertz CT molecular complexity index is 1100. The third-order valence-corrected chi connectivity index (χ3v) is 4.65. The van der Waals surface area contributed by atoms with E-state index >= 15 is 0 Å². The number of nitrogens with one attached hydrogen (secondary N) is 1. The molecule has 0 saturated carbocycles. The van der Waals surface area contributed by atoms with Crippen molar-refractivity contribution in [3.05, 3.63) is 84.8 Å². The van der Waals surface area contributed by atoms with Crippen LogP contribution in [0.25, 0.3) is 22.2 Å².